The van der Waals surface area contributed by atoms with Crippen LogP contribution in [0.3, 0.4) is 0 Å². The highest BCUT2D eigenvalue weighted by Gasteiger charge is 2.15. The van der Waals surface area contributed by atoms with Gasteiger partial charge in [0.15, 0.2) is 0 Å². The first-order valence-electron chi connectivity index (χ1n) is 9.28. The van der Waals surface area contributed by atoms with Gasteiger partial charge in [-0.3, -0.25) is 4.79 Å². The van der Waals surface area contributed by atoms with Crippen molar-refractivity contribution in [1.29, 1.82) is 0 Å². The van der Waals surface area contributed by atoms with Gasteiger partial charge in [0, 0.05) is 29.2 Å². The summed E-state index contributed by atoms with van der Waals surface area (Å²) >= 11 is 3.43. The van der Waals surface area contributed by atoms with Crippen LogP contribution >= 0.6 is 15.9 Å². The highest BCUT2D eigenvalue weighted by Crippen LogP contribution is 2.25. The van der Waals surface area contributed by atoms with Gasteiger partial charge in [-0.25, -0.2) is 0 Å². The van der Waals surface area contributed by atoms with E-state index in [1.54, 1.807) is 0 Å². The molecule has 0 aliphatic carbocycles. The largest absolute Gasteiger partial charge is 0.425 e. The number of benzene rings is 3. The van der Waals surface area contributed by atoms with Crippen LogP contribution in [0.5, 0.6) is 0 Å². The zero-order chi connectivity index (χ0) is 20.1. The predicted octanol–water partition coefficient (Wildman–Crippen LogP) is 5.67. The fraction of sp³-hybridized carbons (Fsp3) is 0.0833. The van der Waals surface area contributed by atoms with Crippen LogP contribution in [0.15, 0.2) is 105 Å². The maximum Gasteiger partial charge on any atom is 0.301 e. The summed E-state index contributed by atoms with van der Waals surface area (Å²) in [4.78, 5) is 18.5. The Morgan fingerprint density at radius 2 is 1.34 bits per heavy atom. The number of aromatic nitrogens is 1. The molecule has 0 aliphatic rings. The molecule has 0 radical (unpaired) electrons. The van der Waals surface area contributed by atoms with E-state index in [1.165, 1.54) is 6.07 Å². The Hall–Kier alpha value is -3.18. The van der Waals surface area contributed by atoms with Crippen LogP contribution in [0.25, 0.3) is 11.3 Å². The minimum atomic E-state index is -0.324. The molecule has 0 amide bonds. The number of anilines is 1. The number of hydrogen-bond donors (Lipinski definition) is 0. The monoisotopic (exact) mass is 446 g/mol. The van der Waals surface area contributed by atoms with Gasteiger partial charge in [0.1, 0.15) is 5.76 Å². The molecule has 0 bridgehead atoms. The molecule has 4 aromatic rings. The lowest BCUT2D eigenvalue weighted by Crippen LogP contribution is -2.25. The topological polar surface area (TPSA) is 46.3 Å². The third-order valence-corrected chi connectivity index (χ3v) is 5.02. The third kappa shape index (κ3) is 5.00. The van der Waals surface area contributed by atoms with Crippen molar-refractivity contribution in [1.82, 2.24) is 4.98 Å². The van der Waals surface area contributed by atoms with Crippen molar-refractivity contribution in [3.63, 3.8) is 0 Å². The second-order valence-electron chi connectivity index (χ2n) is 6.68. The molecule has 0 aliphatic heterocycles. The Kier molecular flexibility index (Phi) is 5.86. The lowest BCUT2D eigenvalue weighted by Gasteiger charge is -2.22. The molecule has 144 valence electrons. The van der Waals surface area contributed by atoms with Crippen LogP contribution in [-0.2, 0) is 13.1 Å². The maximum absolute atomic E-state index is 12.4. The molecule has 3 aromatic carbocycles. The summed E-state index contributed by atoms with van der Waals surface area (Å²) in [6.07, 6.45) is 0. The van der Waals surface area contributed by atoms with Crippen molar-refractivity contribution < 1.29 is 4.42 Å². The molecular formula is C24H19BrN2O2. The van der Waals surface area contributed by atoms with E-state index in [0.717, 1.165) is 21.2 Å². The van der Waals surface area contributed by atoms with Crippen molar-refractivity contribution in [2.75, 3.05) is 4.90 Å². The minimum Gasteiger partial charge on any atom is -0.425 e. The highest BCUT2D eigenvalue weighted by atomic mass is 79.9. The van der Waals surface area contributed by atoms with Crippen LogP contribution < -0.4 is 10.5 Å². The quantitative estimate of drug-likeness (QED) is 0.382. The van der Waals surface area contributed by atoms with Gasteiger partial charge in [-0.1, -0.05) is 88.7 Å². The molecule has 1 heterocycles. The Balaban J connectivity index is 1.73. The first-order chi connectivity index (χ1) is 14.2. The lowest BCUT2D eigenvalue weighted by atomic mass is 10.1. The number of rotatable bonds is 6. The average molecular weight is 447 g/mol. The zero-order valence-corrected chi connectivity index (χ0v) is 17.2. The summed E-state index contributed by atoms with van der Waals surface area (Å²) in [5.74, 6) is 0.499. The number of nitrogens with zero attached hydrogens (tertiary/aromatic N) is 2. The molecule has 0 N–H and O–H groups in total. The molecule has 0 saturated heterocycles. The minimum absolute atomic E-state index is 0.308. The Labute approximate surface area is 177 Å². The zero-order valence-electron chi connectivity index (χ0n) is 15.7. The van der Waals surface area contributed by atoms with E-state index in [9.17, 15) is 4.79 Å². The van der Waals surface area contributed by atoms with Gasteiger partial charge in [-0.15, -0.1) is 0 Å². The fourth-order valence-corrected chi connectivity index (χ4v) is 3.34. The van der Waals surface area contributed by atoms with Gasteiger partial charge in [0.2, 0.25) is 0 Å². The van der Waals surface area contributed by atoms with Crippen molar-refractivity contribution in [2.24, 2.45) is 0 Å². The van der Waals surface area contributed by atoms with Crippen molar-refractivity contribution in [3.05, 3.63) is 117 Å². The molecular weight excluding hydrogens is 428 g/mol. The third-order valence-electron chi connectivity index (χ3n) is 4.49. The molecule has 1 aromatic heterocycles. The summed E-state index contributed by atoms with van der Waals surface area (Å²) < 4.78 is 7.06. The maximum atomic E-state index is 12.4. The molecule has 4 rings (SSSR count). The number of hydrogen-bond acceptors (Lipinski definition) is 4. The molecule has 0 atom stereocenters. The molecule has 29 heavy (non-hydrogen) atoms. The highest BCUT2D eigenvalue weighted by molar-refractivity contribution is 9.10. The smallest absolute Gasteiger partial charge is 0.301 e. The van der Waals surface area contributed by atoms with Gasteiger partial charge in [0.05, 0.1) is 0 Å². The van der Waals surface area contributed by atoms with Crippen molar-refractivity contribution in [3.8, 4) is 11.3 Å². The van der Waals surface area contributed by atoms with E-state index < -0.39 is 0 Å². The summed E-state index contributed by atoms with van der Waals surface area (Å²) in [6, 6.07) is 29.5. The summed E-state index contributed by atoms with van der Waals surface area (Å²) in [5, 5.41) is 0. The second-order valence-corrected chi connectivity index (χ2v) is 7.59. The molecule has 0 spiro atoms. The van der Waals surface area contributed by atoms with E-state index in [4.69, 9.17) is 4.42 Å². The van der Waals surface area contributed by atoms with Gasteiger partial charge < -0.3 is 9.32 Å². The first kappa shape index (κ1) is 19.2. The Bertz CT molecular complexity index is 1090. The molecule has 0 fully saturated rings. The van der Waals surface area contributed by atoms with E-state index >= 15 is 0 Å². The standard InChI is InChI=1S/C24H19BrN2O2/c25-21-13-11-20(12-14-21)22-15-23(28)26-24(29-22)27(16-18-7-3-1-4-8-18)17-19-9-5-2-6-10-19/h1-15H,16-17H2. The Morgan fingerprint density at radius 1 is 0.793 bits per heavy atom. The fourth-order valence-electron chi connectivity index (χ4n) is 3.08. The van der Waals surface area contributed by atoms with E-state index in [0.29, 0.717) is 24.9 Å². The van der Waals surface area contributed by atoms with Crippen LogP contribution in [0.2, 0.25) is 0 Å². The van der Waals surface area contributed by atoms with Crippen molar-refractivity contribution >= 4 is 21.9 Å². The average Bonchev–Trinajstić information content (AvgIpc) is 2.75. The second kappa shape index (κ2) is 8.88. The van der Waals surface area contributed by atoms with E-state index in [1.807, 2.05) is 65.6 Å². The molecule has 0 saturated carbocycles. The summed E-state index contributed by atoms with van der Waals surface area (Å²) in [6.45, 7) is 1.16. The molecule has 4 nitrogen and oxygen atoms in total. The summed E-state index contributed by atoms with van der Waals surface area (Å²) in [7, 11) is 0. The van der Waals surface area contributed by atoms with Gasteiger partial charge in [0.25, 0.3) is 5.56 Å². The van der Waals surface area contributed by atoms with Crippen LogP contribution in [-0.4, -0.2) is 4.98 Å². The SMILES string of the molecule is O=c1cc(-c2ccc(Br)cc2)oc(N(Cc2ccccc2)Cc2ccccc2)n1. The van der Waals surface area contributed by atoms with Crippen LogP contribution in [0.1, 0.15) is 11.1 Å². The first-order valence-corrected chi connectivity index (χ1v) is 10.1. The normalized spacial score (nSPS) is 10.7. The van der Waals surface area contributed by atoms with Gasteiger partial charge >= 0.3 is 6.01 Å². The molecule has 0 unspecified atom stereocenters. The van der Waals surface area contributed by atoms with Gasteiger partial charge in [-0.05, 0) is 23.3 Å². The molecule has 5 heteroatoms. The summed E-state index contributed by atoms with van der Waals surface area (Å²) in [5.41, 5.74) is 2.73. The number of halogens is 1. The van der Waals surface area contributed by atoms with Crippen LogP contribution in [0.4, 0.5) is 6.01 Å². The lowest BCUT2D eigenvalue weighted by molar-refractivity contribution is 0.513. The van der Waals surface area contributed by atoms with Crippen LogP contribution in [0, 0.1) is 0 Å². The van der Waals surface area contributed by atoms with E-state index in [-0.39, 0.29) is 5.56 Å². The Morgan fingerprint density at radius 3 is 1.90 bits per heavy atom. The predicted molar refractivity (Wildman–Crippen MR) is 119 cm³/mol. The van der Waals surface area contributed by atoms with Crippen molar-refractivity contribution in [2.45, 2.75) is 13.1 Å². The van der Waals surface area contributed by atoms with E-state index in [2.05, 4.69) is 45.2 Å². The van der Waals surface area contributed by atoms with Gasteiger partial charge in [-0.2, -0.15) is 4.98 Å².